The summed E-state index contributed by atoms with van der Waals surface area (Å²) in [6, 6.07) is 76.8. The molecule has 6 aromatic heterocycles. The summed E-state index contributed by atoms with van der Waals surface area (Å²) >= 11 is 0. The molecule has 19 rings (SSSR count). The van der Waals surface area contributed by atoms with E-state index in [1.54, 1.807) is 0 Å². The van der Waals surface area contributed by atoms with Crippen LogP contribution in [0.15, 0.2) is 206 Å². The molecule has 0 unspecified atom stereocenters. The number of benzene rings is 13. The molecule has 19 aromatic rings. The van der Waals surface area contributed by atoms with Gasteiger partial charge in [0.2, 0.25) is 0 Å². The molecule has 0 spiro atoms. The van der Waals surface area contributed by atoms with Gasteiger partial charge in [-0.3, -0.25) is 0 Å². The molecule has 0 aliphatic carbocycles. The zero-order valence-electron chi connectivity index (χ0n) is 40.6. The normalized spacial score (nSPS) is 12.7. The van der Waals surface area contributed by atoms with Crippen molar-refractivity contribution in [3.05, 3.63) is 206 Å². The second-order valence-electron chi connectivity index (χ2n) is 21.3. The molecule has 6 heteroatoms. The highest BCUT2D eigenvalue weighted by Gasteiger charge is 2.21. The Morgan fingerprint density at radius 2 is 0.645 bits per heavy atom. The first-order chi connectivity index (χ1) is 37.6. The maximum atomic E-state index is 4.06. The molecule has 76 heavy (non-hydrogen) atoms. The van der Waals surface area contributed by atoms with Gasteiger partial charge in [-0.15, -0.1) is 0 Å². The van der Waals surface area contributed by atoms with Crippen molar-refractivity contribution in [3.63, 3.8) is 0 Å². The third-order valence-electron chi connectivity index (χ3n) is 17.4. The van der Waals surface area contributed by atoms with Gasteiger partial charge in [0.05, 0.1) is 16.6 Å². The van der Waals surface area contributed by atoms with E-state index in [2.05, 4.69) is 236 Å². The van der Waals surface area contributed by atoms with Crippen LogP contribution in [-0.4, -0.2) is 29.9 Å². The third kappa shape index (κ3) is 5.09. The maximum Gasteiger partial charge on any atom is 0.0710 e. The highest BCUT2D eigenvalue weighted by Crippen LogP contribution is 2.46. The number of fused-ring (bicyclic) bond motifs is 27. The van der Waals surface area contributed by atoms with Crippen LogP contribution in [0.1, 0.15) is 0 Å². The smallest absolute Gasteiger partial charge is 0.0710 e. The van der Waals surface area contributed by atoms with E-state index in [0.717, 1.165) is 60.7 Å². The highest BCUT2D eigenvalue weighted by molar-refractivity contribution is 6.32. The van der Waals surface area contributed by atoms with Crippen molar-refractivity contribution < 1.29 is 0 Å². The Morgan fingerprint density at radius 1 is 0.184 bits per heavy atom. The van der Waals surface area contributed by atoms with Gasteiger partial charge in [0.1, 0.15) is 0 Å². The molecule has 0 saturated carbocycles. The second-order valence-corrected chi connectivity index (χ2v) is 21.3. The standard InChI is InChI=1S/C70H40N6/c1-3-9-42-35(7-1)16-24-57-64(42)53-32-61-54(33-60(53)73-57)65-44-20-15-37(27-40(44)19-26-58(65)74-61)38-14-13-36-17-25-59-66(48(36)28-38)46-21-22-47-67-43-10-4-2-8-39(43)29-49(68(67)76-70(47)69(46)75-59)41-18-23-56-50(30-41)52-31-51-45-11-5-6-12-55(45)71-62(51)34-63(52)72-56/h1-34,71-76H. The number of nitrogens with one attached hydrogen (secondary N) is 6. The molecule has 0 aliphatic heterocycles. The molecule has 0 aliphatic rings. The zero-order chi connectivity index (χ0) is 49.1. The second kappa shape index (κ2) is 13.8. The van der Waals surface area contributed by atoms with Crippen LogP contribution in [0.5, 0.6) is 0 Å². The van der Waals surface area contributed by atoms with Gasteiger partial charge >= 0.3 is 0 Å². The van der Waals surface area contributed by atoms with Gasteiger partial charge in [0.15, 0.2) is 0 Å². The number of aromatic amines is 6. The summed E-state index contributed by atoms with van der Waals surface area (Å²) < 4.78 is 0. The summed E-state index contributed by atoms with van der Waals surface area (Å²) in [6.45, 7) is 0. The number of H-pyrrole nitrogens is 6. The minimum atomic E-state index is 1.12. The van der Waals surface area contributed by atoms with Gasteiger partial charge in [-0.25, -0.2) is 0 Å². The van der Waals surface area contributed by atoms with Gasteiger partial charge in [0, 0.05) is 120 Å². The predicted molar refractivity (Wildman–Crippen MR) is 324 cm³/mol. The Morgan fingerprint density at radius 3 is 1.43 bits per heavy atom. The molecular formula is C70H40N6. The summed E-state index contributed by atoms with van der Waals surface area (Å²) in [4.78, 5) is 22.9. The average Bonchev–Trinajstić information content (AvgIpc) is 4.39. The largest absolute Gasteiger partial charge is 0.354 e. The summed E-state index contributed by atoms with van der Waals surface area (Å²) in [5, 5.41) is 24.8. The Hall–Kier alpha value is -10.3. The lowest BCUT2D eigenvalue weighted by Gasteiger charge is -2.09. The van der Waals surface area contributed by atoms with E-state index in [1.165, 1.54) is 135 Å². The summed E-state index contributed by atoms with van der Waals surface area (Å²) in [6.07, 6.45) is 0. The Labute approximate surface area is 430 Å². The first kappa shape index (κ1) is 39.3. The topological polar surface area (TPSA) is 94.7 Å². The lowest BCUT2D eigenvalue weighted by molar-refractivity contribution is 1.51. The fourth-order valence-corrected chi connectivity index (χ4v) is 13.9. The van der Waals surface area contributed by atoms with Crippen molar-refractivity contribution >= 4 is 174 Å². The quantitative estimate of drug-likeness (QED) is 0.0996. The van der Waals surface area contributed by atoms with E-state index in [9.17, 15) is 0 Å². The van der Waals surface area contributed by atoms with Crippen molar-refractivity contribution in [2.24, 2.45) is 0 Å². The minimum Gasteiger partial charge on any atom is -0.354 e. The zero-order valence-corrected chi connectivity index (χ0v) is 40.6. The van der Waals surface area contributed by atoms with Crippen LogP contribution < -0.4 is 0 Å². The number of rotatable bonds is 2. The van der Waals surface area contributed by atoms with E-state index in [4.69, 9.17) is 0 Å². The van der Waals surface area contributed by atoms with Crippen molar-refractivity contribution in [2.75, 3.05) is 0 Å². The first-order valence-corrected chi connectivity index (χ1v) is 26.2. The molecule has 0 amide bonds. The molecule has 13 aromatic carbocycles. The van der Waals surface area contributed by atoms with Gasteiger partial charge in [-0.1, -0.05) is 127 Å². The molecule has 6 heterocycles. The molecule has 0 fully saturated rings. The molecular weight excluding hydrogens is 925 g/mol. The first-order valence-electron chi connectivity index (χ1n) is 26.2. The monoisotopic (exact) mass is 964 g/mol. The summed E-state index contributed by atoms with van der Waals surface area (Å²) in [5.74, 6) is 0. The number of hydrogen-bond acceptors (Lipinski definition) is 0. The summed E-state index contributed by atoms with van der Waals surface area (Å²) in [5.41, 5.74) is 18.5. The van der Waals surface area contributed by atoms with Crippen LogP contribution >= 0.6 is 0 Å². The van der Waals surface area contributed by atoms with Crippen LogP contribution in [-0.2, 0) is 0 Å². The van der Waals surface area contributed by atoms with Crippen molar-refractivity contribution in [3.8, 4) is 22.3 Å². The predicted octanol–water partition coefficient (Wildman–Crippen LogP) is 19.4. The van der Waals surface area contributed by atoms with E-state index >= 15 is 0 Å². The van der Waals surface area contributed by atoms with Crippen LogP contribution in [0.25, 0.3) is 196 Å². The molecule has 6 N–H and O–H groups in total. The van der Waals surface area contributed by atoms with Crippen LogP contribution in [0.2, 0.25) is 0 Å². The highest BCUT2D eigenvalue weighted by atomic mass is 14.8. The average molecular weight is 965 g/mol. The van der Waals surface area contributed by atoms with Gasteiger partial charge < -0.3 is 29.9 Å². The van der Waals surface area contributed by atoms with E-state index in [-0.39, 0.29) is 0 Å². The lowest BCUT2D eigenvalue weighted by atomic mass is 9.94. The fourth-order valence-electron chi connectivity index (χ4n) is 13.9. The van der Waals surface area contributed by atoms with Crippen LogP contribution in [0, 0.1) is 0 Å². The van der Waals surface area contributed by atoms with E-state index < -0.39 is 0 Å². The third-order valence-corrected chi connectivity index (χ3v) is 17.4. The lowest BCUT2D eigenvalue weighted by Crippen LogP contribution is -1.84. The number of para-hydroxylation sites is 1. The molecule has 0 saturated heterocycles. The van der Waals surface area contributed by atoms with E-state index in [0.29, 0.717) is 0 Å². The van der Waals surface area contributed by atoms with Gasteiger partial charge in [-0.05, 0) is 139 Å². The van der Waals surface area contributed by atoms with Crippen LogP contribution in [0.3, 0.4) is 0 Å². The Kier molecular flexibility index (Phi) is 7.15. The fraction of sp³-hybridized carbons (Fsp3) is 0. The molecule has 6 nitrogen and oxygen atoms in total. The van der Waals surface area contributed by atoms with Gasteiger partial charge in [0.25, 0.3) is 0 Å². The van der Waals surface area contributed by atoms with Gasteiger partial charge in [-0.2, -0.15) is 0 Å². The van der Waals surface area contributed by atoms with Crippen molar-refractivity contribution in [1.29, 1.82) is 0 Å². The summed E-state index contributed by atoms with van der Waals surface area (Å²) in [7, 11) is 0. The SMILES string of the molecule is c1ccc2c(c1)ccc1[nH]c3cc4c(cc3c12)[nH]c1ccc2cc(-c3ccc5ccc6[nH]c7c(ccc8c7[nH]c7c(-c9ccc%10[nH]c%11cc%12[nH]c%13ccccc%13c%12cc%11c%10c9)cc9ccccc9c78)c6c5c3)ccc2c14. The minimum absolute atomic E-state index is 1.12. The molecule has 0 radical (unpaired) electrons. The van der Waals surface area contributed by atoms with E-state index in [1.807, 2.05) is 0 Å². The van der Waals surface area contributed by atoms with Crippen molar-refractivity contribution in [2.45, 2.75) is 0 Å². The number of hydrogen-bond donors (Lipinski definition) is 6. The number of aromatic nitrogens is 6. The van der Waals surface area contributed by atoms with Crippen molar-refractivity contribution in [1.82, 2.24) is 29.9 Å². The Balaban J connectivity index is 0.763. The maximum absolute atomic E-state index is 4.06. The van der Waals surface area contributed by atoms with Crippen LogP contribution in [0.4, 0.5) is 0 Å². The molecule has 350 valence electrons. The molecule has 0 atom stereocenters. The molecule has 0 bridgehead atoms. The Bertz CT molecular complexity index is 5850.